The number of thioether (sulfide) groups is 1. The van der Waals surface area contributed by atoms with E-state index in [-0.39, 0.29) is 5.91 Å². The zero-order chi connectivity index (χ0) is 25.9. The highest BCUT2D eigenvalue weighted by atomic mass is 32.2. The summed E-state index contributed by atoms with van der Waals surface area (Å²) in [6, 6.07) is 17.3. The van der Waals surface area contributed by atoms with Crippen LogP contribution in [0.2, 0.25) is 0 Å². The van der Waals surface area contributed by atoms with Gasteiger partial charge in [-0.05, 0) is 44.4 Å². The van der Waals surface area contributed by atoms with E-state index < -0.39 is 0 Å². The summed E-state index contributed by atoms with van der Waals surface area (Å²) in [4.78, 5) is 26.6. The summed E-state index contributed by atoms with van der Waals surface area (Å²) < 4.78 is 1.81. The van der Waals surface area contributed by atoms with Crippen molar-refractivity contribution >= 4 is 23.4 Å². The van der Waals surface area contributed by atoms with Gasteiger partial charge in [-0.2, -0.15) is 4.98 Å². The summed E-state index contributed by atoms with van der Waals surface area (Å²) >= 11 is 1.39. The maximum atomic E-state index is 12.9. The van der Waals surface area contributed by atoms with Crippen LogP contribution in [0.15, 0.2) is 53.7 Å². The van der Waals surface area contributed by atoms with Crippen molar-refractivity contribution in [3.05, 3.63) is 87.7 Å². The van der Waals surface area contributed by atoms with E-state index in [4.69, 9.17) is 4.98 Å². The van der Waals surface area contributed by atoms with Gasteiger partial charge in [0.1, 0.15) is 0 Å². The standard InChI is InChI=1S/C29H34N6OS/c1-20-5-9-24(10-6-20)17-26-22(3)30-28-31-29(32-35(28)23(26)4)37-19-27(36)34-15-13-33(14-16-34)18-25-11-7-21(2)8-12-25/h5-12H,13-19H2,1-4H3. The summed E-state index contributed by atoms with van der Waals surface area (Å²) in [5.74, 6) is 1.06. The zero-order valence-electron chi connectivity index (χ0n) is 22.1. The molecule has 1 aliphatic heterocycles. The Morgan fingerprint density at radius 1 is 0.838 bits per heavy atom. The van der Waals surface area contributed by atoms with Gasteiger partial charge in [0.25, 0.3) is 5.78 Å². The molecule has 1 amide bonds. The number of amides is 1. The van der Waals surface area contributed by atoms with Crippen LogP contribution in [-0.4, -0.2) is 67.2 Å². The number of aryl methyl sites for hydroxylation is 4. The number of carbonyl (C=O) groups excluding carboxylic acids is 1. The summed E-state index contributed by atoms with van der Waals surface area (Å²) in [5.41, 5.74) is 8.27. The Balaban J connectivity index is 1.18. The lowest BCUT2D eigenvalue weighted by Crippen LogP contribution is -2.48. The van der Waals surface area contributed by atoms with Crippen molar-refractivity contribution in [1.29, 1.82) is 0 Å². The molecule has 7 nitrogen and oxygen atoms in total. The number of piperazine rings is 1. The van der Waals surface area contributed by atoms with Gasteiger partial charge in [0.2, 0.25) is 11.1 Å². The molecule has 1 aliphatic rings. The van der Waals surface area contributed by atoms with Crippen molar-refractivity contribution in [2.45, 2.75) is 45.8 Å². The fourth-order valence-electron chi connectivity index (χ4n) is 4.74. The summed E-state index contributed by atoms with van der Waals surface area (Å²) in [5, 5.41) is 5.27. The zero-order valence-corrected chi connectivity index (χ0v) is 22.9. The molecule has 4 aromatic rings. The minimum absolute atomic E-state index is 0.139. The summed E-state index contributed by atoms with van der Waals surface area (Å²) in [6.07, 6.45) is 0.803. The van der Waals surface area contributed by atoms with Crippen molar-refractivity contribution in [3.8, 4) is 0 Å². The van der Waals surface area contributed by atoms with Crippen molar-refractivity contribution in [3.63, 3.8) is 0 Å². The molecule has 0 saturated carbocycles. The van der Waals surface area contributed by atoms with E-state index >= 15 is 0 Å². The number of rotatable bonds is 7. The molecule has 0 radical (unpaired) electrons. The average Bonchev–Trinajstić information content (AvgIpc) is 3.31. The smallest absolute Gasteiger partial charge is 0.253 e. The van der Waals surface area contributed by atoms with Gasteiger partial charge in [-0.1, -0.05) is 71.4 Å². The third kappa shape index (κ3) is 6.02. The number of hydrogen-bond donors (Lipinski definition) is 0. The molecule has 0 unspecified atom stereocenters. The molecule has 1 saturated heterocycles. The number of carbonyl (C=O) groups is 1. The maximum Gasteiger partial charge on any atom is 0.253 e. The van der Waals surface area contributed by atoms with E-state index in [0.29, 0.717) is 16.7 Å². The Labute approximate surface area is 222 Å². The van der Waals surface area contributed by atoms with Gasteiger partial charge in [-0.15, -0.1) is 5.10 Å². The molecule has 0 N–H and O–H groups in total. The van der Waals surface area contributed by atoms with Crippen LogP contribution in [0.4, 0.5) is 0 Å². The van der Waals surface area contributed by atoms with E-state index in [1.165, 1.54) is 34.0 Å². The van der Waals surface area contributed by atoms with Gasteiger partial charge in [-0.3, -0.25) is 9.69 Å². The van der Waals surface area contributed by atoms with E-state index in [1.54, 1.807) is 0 Å². The van der Waals surface area contributed by atoms with Gasteiger partial charge in [-0.25, -0.2) is 9.50 Å². The number of benzene rings is 2. The third-order valence-electron chi connectivity index (χ3n) is 7.11. The number of aromatic nitrogens is 4. The Morgan fingerprint density at radius 2 is 1.46 bits per heavy atom. The lowest BCUT2D eigenvalue weighted by Gasteiger charge is -2.34. The quantitative estimate of drug-likeness (QED) is 0.341. The first-order valence-corrected chi connectivity index (χ1v) is 13.8. The SMILES string of the molecule is Cc1ccc(Cc2c(C)nc3nc(SCC(=O)N4CCN(Cc5ccc(C)cc5)CC4)nn3c2C)cc1. The predicted molar refractivity (Wildman–Crippen MR) is 148 cm³/mol. The molecule has 0 atom stereocenters. The highest BCUT2D eigenvalue weighted by Gasteiger charge is 2.22. The minimum atomic E-state index is 0.139. The lowest BCUT2D eigenvalue weighted by atomic mass is 10.0. The molecule has 0 spiro atoms. The molecule has 1 fully saturated rings. The van der Waals surface area contributed by atoms with E-state index in [9.17, 15) is 4.79 Å². The monoisotopic (exact) mass is 514 g/mol. The van der Waals surface area contributed by atoms with Gasteiger partial charge < -0.3 is 4.90 Å². The molecule has 0 bridgehead atoms. The third-order valence-corrected chi connectivity index (χ3v) is 7.93. The average molecular weight is 515 g/mol. The van der Waals surface area contributed by atoms with Crippen LogP contribution in [0, 0.1) is 27.7 Å². The largest absolute Gasteiger partial charge is 0.339 e. The van der Waals surface area contributed by atoms with Crippen LogP contribution >= 0.6 is 11.8 Å². The van der Waals surface area contributed by atoms with Crippen LogP contribution in [0.3, 0.4) is 0 Å². The molecule has 2 aromatic heterocycles. The predicted octanol–water partition coefficient (Wildman–Crippen LogP) is 4.39. The first-order valence-electron chi connectivity index (χ1n) is 12.8. The van der Waals surface area contributed by atoms with Crippen molar-refractivity contribution in [2.75, 3.05) is 31.9 Å². The van der Waals surface area contributed by atoms with Crippen LogP contribution in [0.5, 0.6) is 0 Å². The summed E-state index contributed by atoms with van der Waals surface area (Å²) in [7, 11) is 0. The van der Waals surface area contributed by atoms with Gasteiger partial charge in [0.15, 0.2) is 0 Å². The van der Waals surface area contributed by atoms with Gasteiger partial charge in [0, 0.05) is 50.5 Å². The molecular formula is C29H34N6OS. The number of fused-ring (bicyclic) bond motifs is 1. The van der Waals surface area contributed by atoms with Crippen LogP contribution in [-0.2, 0) is 17.8 Å². The molecule has 192 valence electrons. The Kier molecular flexibility index (Phi) is 7.58. The molecular weight excluding hydrogens is 480 g/mol. The topological polar surface area (TPSA) is 66.6 Å². The van der Waals surface area contributed by atoms with Crippen LogP contribution < -0.4 is 0 Å². The maximum absolute atomic E-state index is 12.9. The summed E-state index contributed by atoms with van der Waals surface area (Å²) in [6.45, 7) is 12.5. The highest BCUT2D eigenvalue weighted by molar-refractivity contribution is 7.99. The molecule has 8 heteroatoms. The second kappa shape index (κ2) is 11.0. The molecule has 0 aliphatic carbocycles. The van der Waals surface area contributed by atoms with Crippen molar-refractivity contribution < 1.29 is 4.79 Å². The first kappa shape index (κ1) is 25.4. The second-order valence-electron chi connectivity index (χ2n) is 9.96. The minimum Gasteiger partial charge on any atom is -0.339 e. The first-order chi connectivity index (χ1) is 17.9. The van der Waals surface area contributed by atoms with Gasteiger partial charge in [0.05, 0.1) is 5.75 Å². The molecule has 3 heterocycles. The fourth-order valence-corrected chi connectivity index (χ4v) is 5.46. The number of nitrogens with zero attached hydrogens (tertiary/aromatic N) is 6. The lowest BCUT2D eigenvalue weighted by molar-refractivity contribution is -0.130. The normalized spacial score (nSPS) is 14.4. The van der Waals surface area contributed by atoms with Gasteiger partial charge >= 0.3 is 0 Å². The van der Waals surface area contributed by atoms with E-state index in [0.717, 1.165) is 56.1 Å². The Morgan fingerprint density at radius 3 is 2.11 bits per heavy atom. The molecule has 5 rings (SSSR count). The van der Waals surface area contributed by atoms with E-state index in [1.807, 2.05) is 16.3 Å². The molecule has 37 heavy (non-hydrogen) atoms. The van der Waals surface area contributed by atoms with Crippen molar-refractivity contribution in [1.82, 2.24) is 29.4 Å². The highest BCUT2D eigenvalue weighted by Crippen LogP contribution is 2.21. The van der Waals surface area contributed by atoms with Crippen LogP contribution in [0.25, 0.3) is 5.78 Å². The van der Waals surface area contributed by atoms with Crippen molar-refractivity contribution in [2.24, 2.45) is 0 Å². The second-order valence-corrected chi connectivity index (χ2v) is 10.9. The Bertz CT molecular complexity index is 1390. The molecule has 2 aromatic carbocycles. The van der Waals surface area contributed by atoms with E-state index in [2.05, 4.69) is 84.3 Å². The number of hydrogen-bond acceptors (Lipinski definition) is 6. The Hall–Kier alpha value is -3.23. The fraction of sp³-hybridized carbons (Fsp3) is 0.379. The van der Waals surface area contributed by atoms with Crippen LogP contribution in [0.1, 0.15) is 39.2 Å².